The predicted octanol–water partition coefficient (Wildman–Crippen LogP) is 4.76. The number of halogens is 2. The molecule has 4 N–H and O–H groups in total. The standard InChI is InChI=1S/C42H41F2N6O9P/c1-23-2-9-34-31(16-23)36(47-59-34)40(55)48-15-11-30-7-8-33(39(54)49-21-28(20-41(49)12-13-41)25-10-14-45-35(51)19-25)50(30)38(53)32(22-48)46-37(52)26-4-3-24-5-6-29(18-27(24)17-26)42(43,44)60(56,57)58/h2-6,9-10,14,16-19,28,30,32-33H,7-8,11-13,15,20-22H2,1H3,(H,45,51)(H,46,52)(H2,56,57,58)/t28-,30-,32+,33+/m1/s1. The van der Waals surface area contributed by atoms with Crippen LogP contribution in [0.4, 0.5) is 8.78 Å². The Morgan fingerprint density at radius 1 is 0.967 bits per heavy atom. The van der Waals surface area contributed by atoms with E-state index < -0.39 is 54.7 Å². The van der Waals surface area contributed by atoms with Crippen LogP contribution in [-0.4, -0.2) is 102 Å². The van der Waals surface area contributed by atoms with Gasteiger partial charge in [-0.2, -0.15) is 8.78 Å². The van der Waals surface area contributed by atoms with E-state index in [0.29, 0.717) is 48.6 Å². The van der Waals surface area contributed by atoms with Crippen LogP contribution in [-0.2, 0) is 19.8 Å². The third-order valence-corrected chi connectivity index (χ3v) is 13.7. The summed E-state index contributed by atoms with van der Waals surface area (Å²) in [7, 11) is -5.88. The maximum atomic E-state index is 14.9. The van der Waals surface area contributed by atoms with Crippen LogP contribution in [0.1, 0.15) is 82.0 Å². The van der Waals surface area contributed by atoms with E-state index in [4.69, 9.17) is 4.52 Å². The Balaban J connectivity index is 1.03. The van der Waals surface area contributed by atoms with Crippen LogP contribution in [0.15, 0.2) is 82.2 Å². The van der Waals surface area contributed by atoms with Gasteiger partial charge in [-0.3, -0.25) is 28.5 Å². The minimum absolute atomic E-state index is 0.0410. The van der Waals surface area contributed by atoms with Crippen molar-refractivity contribution in [1.29, 1.82) is 0 Å². The maximum absolute atomic E-state index is 14.9. The van der Waals surface area contributed by atoms with Gasteiger partial charge in [0.2, 0.25) is 17.4 Å². The number of hydrogen-bond acceptors (Lipinski definition) is 8. The molecule has 0 radical (unpaired) electrons. The molecular weight excluding hydrogens is 801 g/mol. The normalized spacial score (nSPS) is 22.9. The number of fused-ring (bicyclic) bond motifs is 3. The van der Waals surface area contributed by atoms with Gasteiger partial charge >= 0.3 is 13.3 Å². The zero-order valence-corrected chi connectivity index (χ0v) is 33.2. The van der Waals surface area contributed by atoms with E-state index in [-0.39, 0.29) is 52.7 Å². The van der Waals surface area contributed by atoms with Gasteiger partial charge in [-0.15, -0.1) is 0 Å². The molecule has 2 aromatic heterocycles. The number of aromatic amines is 1. The number of alkyl halides is 2. The quantitative estimate of drug-likeness (QED) is 0.165. The van der Waals surface area contributed by atoms with Gasteiger partial charge < -0.3 is 39.3 Å². The fourth-order valence-electron chi connectivity index (χ4n) is 9.36. The number of aryl methyl sites for hydroxylation is 1. The molecule has 3 saturated heterocycles. The lowest BCUT2D eigenvalue weighted by Gasteiger charge is -2.40. The number of likely N-dealkylation sites (tertiary alicyclic amines) is 1. The molecule has 60 heavy (non-hydrogen) atoms. The lowest BCUT2D eigenvalue weighted by molar-refractivity contribution is -0.148. The summed E-state index contributed by atoms with van der Waals surface area (Å²) < 4.78 is 46.4. The van der Waals surface area contributed by atoms with Gasteiger partial charge in [0.05, 0.1) is 11.9 Å². The Bertz CT molecular complexity index is 2710. The molecule has 4 amide bonds. The molecule has 1 spiro atoms. The van der Waals surface area contributed by atoms with E-state index in [1.807, 2.05) is 24.0 Å². The fourth-order valence-corrected chi connectivity index (χ4v) is 9.83. The molecule has 0 bridgehead atoms. The summed E-state index contributed by atoms with van der Waals surface area (Å²) in [5, 5.41) is 7.81. The highest BCUT2D eigenvalue weighted by molar-refractivity contribution is 7.52. The van der Waals surface area contributed by atoms with Crippen molar-refractivity contribution in [1.82, 2.24) is 30.2 Å². The first-order chi connectivity index (χ1) is 28.5. The molecule has 3 aliphatic heterocycles. The summed E-state index contributed by atoms with van der Waals surface area (Å²) in [5.74, 6) is -2.12. The van der Waals surface area contributed by atoms with Gasteiger partial charge in [0, 0.05) is 54.0 Å². The summed E-state index contributed by atoms with van der Waals surface area (Å²) in [5.41, 5.74) is -3.91. The fraction of sp³-hybridized carbons (Fsp3) is 0.381. The van der Waals surface area contributed by atoms with Crippen LogP contribution in [0.25, 0.3) is 21.7 Å². The first-order valence-electron chi connectivity index (χ1n) is 19.8. The number of carbonyl (C=O) groups excluding carboxylic acids is 4. The van der Waals surface area contributed by atoms with Crippen molar-refractivity contribution < 1.29 is 46.8 Å². The molecule has 9 rings (SSSR count). The molecule has 5 heterocycles. The lowest BCUT2D eigenvalue weighted by atomic mass is 9.96. The predicted molar refractivity (Wildman–Crippen MR) is 212 cm³/mol. The van der Waals surface area contributed by atoms with E-state index in [9.17, 15) is 47.1 Å². The first-order valence-corrected chi connectivity index (χ1v) is 21.4. The van der Waals surface area contributed by atoms with Crippen LogP contribution in [0.2, 0.25) is 0 Å². The highest BCUT2D eigenvalue weighted by Crippen LogP contribution is 2.59. The average Bonchev–Trinajstić information content (AvgIpc) is 3.50. The second kappa shape index (κ2) is 14.5. The van der Waals surface area contributed by atoms with E-state index in [0.717, 1.165) is 36.1 Å². The number of pyridine rings is 1. The van der Waals surface area contributed by atoms with Gasteiger partial charge in [-0.25, -0.2) is 0 Å². The molecule has 0 unspecified atom stereocenters. The van der Waals surface area contributed by atoms with Crippen molar-refractivity contribution in [2.24, 2.45) is 0 Å². The summed E-state index contributed by atoms with van der Waals surface area (Å²) in [6, 6.07) is 13.3. The molecule has 312 valence electrons. The van der Waals surface area contributed by atoms with Crippen molar-refractivity contribution in [2.75, 3.05) is 19.6 Å². The second-order valence-electron chi connectivity index (χ2n) is 16.5. The van der Waals surface area contributed by atoms with Crippen LogP contribution < -0.4 is 10.9 Å². The van der Waals surface area contributed by atoms with E-state index in [2.05, 4.69) is 15.5 Å². The van der Waals surface area contributed by atoms with Crippen LogP contribution in [0, 0.1) is 6.92 Å². The van der Waals surface area contributed by atoms with Gasteiger partial charge in [-0.1, -0.05) is 35.0 Å². The van der Waals surface area contributed by atoms with E-state index >= 15 is 0 Å². The number of H-pyrrole nitrogens is 1. The van der Waals surface area contributed by atoms with Crippen molar-refractivity contribution in [3.8, 4) is 0 Å². The Morgan fingerprint density at radius 3 is 2.50 bits per heavy atom. The number of rotatable bonds is 7. The summed E-state index contributed by atoms with van der Waals surface area (Å²) in [4.78, 5) is 96.2. The molecule has 15 nitrogen and oxygen atoms in total. The van der Waals surface area contributed by atoms with E-state index in [1.165, 1.54) is 29.2 Å². The van der Waals surface area contributed by atoms with Crippen molar-refractivity contribution in [2.45, 2.75) is 80.7 Å². The molecule has 4 atom stereocenters. The third-order valence-electron chi connectivity index (χ3n) is 12.7. The lowest BCUT2D eigenvalue weighted by Crippen LogP contribution is -2.61. The number of amides is 4. The third kappa shape index (κ3) is 6.87. The van der Waals surface area contributed by atoms with Gasteiger partial charge in [0.1, 0.15) is 12.1 Å². The second-order valence-corrected chi connectivity index (χ2v) is 18.2. The highest BCUT2D eigenvalue weighted by atomic mass is 31.2. The molecule has 5 aromatic rings. The number of aromatic nitrogens is 2. The minimum Gasteiger partial charge on any atom is -0.355 e. The monoisotopic (exact) mass is 842 g/mol. The van der Waals surface area contributed by atoms with Gasteiger partial charge in [0.15, 0.2) is 11.3 Å². The maximum Gasteiger partial charge on any atom is 0.399 e. The number of nitrogens with zero attached hydrogens (tertiary/aromatic N) is 4. The van der Waals surface area contributed by atoms with Crippen LogP contribution >= 0.6 is 7.60 Å². The van der Waals surface area contributed by atoms with Crippen LogP contribution in [0.3, 0.4) is 0 Å². The van der Waals surface area contributed by atoms with Crippen LogP contribution in [0.5, 0.6) is 0 Å². The van der Waals surface area contributed by atoms with Gasteiger partial charge in [-0.05, 0) is 98.2 Å². The molecule has 4 aliphatic rings. The number of carbonyl (C=O) groups is 4. The largest absolute Gasteiger partial charge is 0.399 e. The zero-order valence-electron chi connectivity index (χ0n) is 32.3. The minimum atomic E-state index is -5.88. The number of nitrogens with one attached hydrogen (secondary N) is 2. The smallest absolute Gasteiger partial charge is 0.355 e. The summed E-state index contributed by atoms with van der Waals surface area (Å²) >= 11 is 0. The Hall–Kier alpha value is -5.77. The molecule has 18 heteroatoms. The van der Waals surface area contributed by atoms with E-state index in [1.54, 1.807) is 29.3 Å². The Morgan fingerprint density at radius 2 is 1.75 bits per heavy atom. The van der Waals surface area contributed by atoms with Gasteiger partial charge in [0.25, 0.3) is 11.8 Å². The van der Waals surface area contributed by atoms with Crippen molar-refractivity contribution >= 4 is 53.0 Å². The topological polar surface area (TPSA) is 206 Å². The molecule has 1 saturated carbocycles. The SMILES string of the molecule is Cc1ccc2onc(C(=O)N3CC[C@H]4CC[C@@H](C(=O)N5C[C@H](c6cc[nH]c(=O)c6)CC56CC6)N4C(=O)[C@@H](NC(=O)c4ccc5ccc(C(F)(F)P(=O)(O)O)cc5c4)C3)c2c1. The zero-order chi connectivity index (χ0) is 42.3. The molecule has 4 fully saturated rings. The first kappa shape index (κ1) is 39.7. The van der Waals surface area contributed by atoms with Crippen molar-refractivity contribution in [3.63, 3.8) is 0 Å². The average molecular weight is 843 g/mol. The molecular formula is C42H41F2N6O9P. The Labute approximate surface area is 340 Å². The Kier molecular flexibility index (Phi) is 9.56. The highest BCUT2D eigenvalue weighted by Gasteiger charge is 2.59. The molecule has 3 aromatic carbocycles. The number of hydrogen-bond donors (Lipinski definition) is 4. The summed E-state index contributed by atoms with van der Waals surface area (Å²) in [6.07, 6.45) is 5.09. The number of benzene rings is 3. The molecule has 1 aliphatic carbocycles. The van der Waals surface area contributed by atoms with Crippen molar-refractivity contribution in [3.05, 3.63) is 111 Å². The summed E-state index contributed by atoms with van der Waals surface area (Å²) in [6.45, 7) is 2.12.